The zero-order valence-corrected chi connectivity index (χ0v) is 13.4. The van der Waals surface area contributed by atoms with Crippen LogP contribution in [0.5, 0.6) is 0 Å². The van der Waals surface area contributed by atoms with Crippen LogP contribution < -0.4 is 10.6 Å². The number of nitrogens with one attached hydrogen (secondary N) is 2. The summed E-state index contributed by atoms with van der Waals surface area (Å²) in [5, 5.41) is 15.0. The van der Waals surface area contributed by atoms with Crippen molar-refractivity contribution in [2.24, 2.45) is 5.92 Å². The van der Waals surface area contributed by atoms with Gasteiger partial charge in [-0.05, 0) is 56.9 Å². The zero-order valence-electron chi connectivity index (χ0n) is 13.4. The molecule has 1 aliphatic rings. The van der Waals surface area contributed by atoms with Gasteiger partial charge in [-0.15, -0.1) is 0 Å². The highest BCUT2D eigenvalue weighted by Crippen LogP contribution is 2.39. The minimum atomic E-state index is -0.785. The number of nitrogens with zero attached hydrogens (tertiary/aromatic N) is 1. The van der Waals surface area contributed by atoms with Crippen LogP contribution in [0.2, 0.25) is 0 Å². The Balaban J connectivity index is 1.84. The summed E-state index contributed by atoms with van der Waals surface area (Å²) in [5.41, 5.74) is 0.401. The Kier molecular flexibility index (Phi) is 5.22. The van der Waals surface area contributed by atoms with Crippen LogP contribution in [0, 0.1) is 17.2 Å². The summed E-state index contributed by atoms with van der Waals surface area (Å²) in [6.07, 6.45) is 1.96. The average Bonchev–Trinajstić information content (AvgIpc) is 3.39. The molecule has 2 N–H and O–H groups in total. The zero-order chi connectivity index (χ0) is 16.9. The summed E-state index contributed by atoms with van der Waals surface area (Å²) in [4.78, 5) is 23.5. The molecule has 6 nitrogen and oxygen atoms in total. The third kappa shape index (κ3) is 4.46. The Morgan fingerprint density at radius 2 is 2.00 bits per heavy atom. The molecule has 1 aromatic carbocycles. The summed E-state index contributed by atoms with van der Waals surface area (Å²) in [6, 6.07) is 8.90. The molecule has 1 fully saturated rings. The topological polar surface area (TPSA) is 91.2 Å². The van der Waals surface area contributed by atoms with Crippen molar-refractivity contribution in [1.82, 2.24) is 5.32 Å². The number of hydrogen-bond donors (Lipinski definition) is 2. The highest BCUT2D eigenvalue weighted by molar-refractivity contribution is 5.90. The number of carbonyl (C=O) groups is 2. The standard InChI is InChI=1S/C17H21N3O3/c1-3-23-16(22)12-4-8-14(9-5-12)19-10-15(21)20-17(2,11-18)13-6-7-13/h4-5,8-9,13,19H,3,6-7,10H2,1-2H3,(H,20,21). The van der Waals surface area contributed by atoms with Crippen LogP contribution in [0.3, 0.4) is 0 Å². The number of carbonyl (C=O) groups excluding carboxylic acids is 2. The van der Waals surface area contributed by atoms with Gasteiger partial charge in [-0.2, -0.15) is 5.26 Å². The van der Waals surface area contributed by atoms with Crippen LogP contribution in [0.1, 0.15) is 37.0 Å². The number of rotatable bonds is 7. The first kappa shape index (κ1) is 16.8. The number of esters is 1. The molecule has 6 heteroatoms. The molecule has 23 heavy (non-hydrogen) atoms. The van der Waals surface area contributed by atoms with Crippen LogP contribution in [-0.2, 0) is 9.53 Å². The fourth-order valence-corrected chi connectivity index (χ4v) is 2.34. The van der Waals surface area contributed by atoms with E-state index >= 15 is 0 Å². The van der Waals surface area contributed by atoms with Crippen LogP contribution in [0.15, 0.2) is 24.3 Å². The lowest BCUT2D eigenvalue weighted by Gasteiger charge is -2.23. The molecule has 1 unspecified atom stereocenters. The van der Waals surface area contributed by atoms with E-state index in [2.05, 4.69) is 16.7 Å². The van der Waals surface area contributed by atoms with Crippen molar-refractivity contribution in [3.8, 4) is 6.07 Å². The number of nitriles is 1. The second-order valence-corrected chi connectivity index (χ2v) is 5.79. The monoisotopic (exact) mass is 315 g/mol. The molecular weight excluding hydrogens is 294 g/mol. The van der Waals surface area contributed by atoms with Gasteiger partial charge in [0.25, 0.3) is 0 Å². The van der Waals surface area contributed by atoms with Gasteiger partial charge in [0.1, 0.15) is 5.54 Å². The minimum absolute atomic E-state index is 0.0722. The third-order valence-corrected chi connectivity index (χ3v) is 3.87. The molecule has 0 aliphatic heterocycles. The highest BCUT2D eigenvalue weighted by Gasteiger charge is 2.42. The molecule has 1 saturated carbocycles. The van der Waals surface area contributed by atoms with E-state index in [9.17, 15) is 14.9 Å². The summed E-state index contributed by atoms with van der Waals surface area (Å²) in [7, 11) is 0. The second kappa shape index (κ2) is 7.14. The predicted molar refractivity (Wildman–Crippen MR) is 85.8 cm³/mol. The largest absolute Gasteiger partial charge is 0.462 e. The van der Waals surface area contributed by atoms with Crippen molar-refractivity contribution < 1.29 is 14.3 Å². The maximum absolute atomic E-state index is 12.0. The minimum Gasteiger partial charge on any atom is -0.462 e. The lowest BCUT2D eigenvalue weighted by molar-refractivity contribution is -0.120. The molecule has 1 aliphatic carbocycles. The molecule has 0 saturated heterocycles. The first-order chi connectivity index (χ1) is 11.0. The van der Waals surface area contributed by atoms with Crippen molar-refractivity contribution in [2.45, 2.75) is 32.2 Å². The van der Waals surface area contributed by atoms with Crippen LogP contribution >= 0.6 is 0 Å². The summed E-state index contributed by atoms with van der Waals surface area (Å²) in [6.45, 7) is 3.92. The number of benzene rings is 1. The summed E-state index contributed by atoms with van der Waals surface area (Å²) >= 11 is 0. The van der Waals surface area contributed by atoms with E-state index in [0.717, 1.165) is 18.5 Å². The van der Waals surface area contributed by atoms with Gasteiger partial charge in [-0.25, -0.2) is 4.79 Å². The van der Waals surface area contributed by atoms with Gasteiger partial charge >= 0.3 is 5.97 Å². The fourth-order valence-electron chi connectivity index (χ4n) is 2.34. The van der Waals surface area contributed by atoms with Gasteiger partial charge < -0.3 is 15.4 Å². The first-order valence-electron chi connectivity index (χ1n) is 7.72. The molecule has 0 bridgehead atoms. The van der Waals surface area contributed by atoms with Crippen LogP contribution in [0.4, 0.5) is 5.69 Å². The SMILES string of the molecule is CCOC(=O)c1ccc(NCC(=O)NC(C)(C#N)C2CC2)cc1. The Hall–Kier alpha value is -2.55. The quantitative estimate of drug-likeness (QED) is 0.752. The van der Waals surface area contributed by atoms with E-state index < -0.39 is 5.54 Å². The molecule has 122 valence electrons. The molecule has 0 radical (unpaired) electrons. The Labute approximate surface area is 135 Å². The van der Waals surface area contributed by atoms with Crippen LogP contribution in [-0.4, -0.2) is 30.6 Å². The van der Waals surface area contributed by atoms with Crippen LogP contribution in [0.25, 0.3) is 0 Å². The summed E-state index contributed by atoms with van der Waals surface area (Å²) < 4.78 is 4.91. The highest BCUT2D eigenvalue weighted by atomic mass is 16.5. The van der Waals surface area contributed by atoms with E-state index in [1.165, 1.54) is 0 Å². The van der Waals surface area contributed by atoms with Crippen molar-refractivity contribution in [1.29, 1.82) is 5.26 Å². The number of ether oxygens (including phenoxy) is 1. The maximum atomic E-state index is 12.0. The van der Waals surface area contributed by atoms with Gasteiger partial charge in [0, 0.05) is 5.69 Å². The molecule has 1 aromatic rings. The molecule has 0 spiro atoms. The Morgan fingerprint density at radius 3 is 2.52 bits per heavy atom. The summed E-state index contributed by atoms with van der Waals surface area (Å²) in [5.74, 6) is -0.346. The fraction of sp³-hybridized carbons (Fsp3) is 0.471. The number of hydrogen-bond acceptors (Lipinski definition) is 5. The first-order valence-corrected chi connectivity index (χ1v) is 7.72. The van der Waals surface area contributed by atoms with Crippen molar-refractivity contribution in [3.63, 3.8) is 0 Å². The lowest BCUT2D eigenvalue weighted by atomic mass is 9.98. The lowest BCUT2D eigenvalue weighted by Crippen LogP contribution is -2.48. The molecular formula is C17H21N3O3. The van der Waals surface area contributed by atoms with Gasteiger partial charge in [0.05, 0.1) is 24.8 Å². The predicted octanol–water partition coefficient (Wildman–Crippen LogP) is 2.08. The smallest absolute Gasteiger partial charge is 0.338 e. The molecule has 1 amide bonds. The second-order valence-electron chi connectivity index (χ2n) is 5.79. The van der Waals surface area contributed by atoms with E-state index in [0.29, 0.717) is 12.2 Å². The normalized spacial score (nSPS) is 15.9. The maximum Gasteiger partial charge on any atom is 0.338 e. The number of anilines is 1. The van der Waals surface area contributed by atoms with Crippen molar-refractivity contribution >= 4 is 17.6 Å². The van der Waals surface area contributed by atoms with E-state index in [-0.39, 0.29) is 24.3 Å². The average molecular weight is 315 g/mol. The van der Waals surface area contributed by atoms with Gasteiger partial charge in [-0.1, -0.05) is 0 Å². The molecule has 2 rings (SSSR count). The Bertz CT molecular complexity index is 617. The van der Waals surface area contributed by atoms with E-state index in [4.69, 9.17) is 4.74 Å². The molecule has 0 heterocycles. The molecule has 0 aromatic heterocycles. The third-order valence-electron chi connectivity index (χ3n) is 3.87. The van der Waals surface area contributed by atoms with E-state index in [1.54, 1.807) is 38.1 Å². The van der Waals surface area contributed by atoms with Gasteiger partial charge in [-0.3, -0.25) is 4.79 Å². The molecule has 1 atom stereocenters. The van der Waals surface area contributed by atoms with Gasteiger partial charge in [0.15, 0.2) is 0 Å². The van der Waals surface area contributed by atoms with Gasteiger partial charge in [0.2, 0.25) is 5.91 Å². The Morgan fingerprint density at radius 1 is 1.35 bits per heavy atom. The van der Waals surface area contributed by atoms with Crippen molar-refractivity contribution in [2.75, 3.05) is 18.5 Å². The van der Waals surface area contributed by atoms with Crippen molar-refractivity contribution in [3.05, 3.63) is 29.8 Å². The number of amides is 1. The van der Waals surface area contributed by atoms with E-state index in [1.807, 2.05) is 0 Å².